The molecule has 0 amide bonds. The van der Waals surface area contributed by atoms with Gasteiger partial charge < -0.3 is 10.2 Å². The second-order valence-electron chi connectivity index (χ2n) is 5.33. The minimum Gasteiger partial charge on any atom is -0.369 e. The number of anilines is 1. The van der Waals surface area contributed by atoms with Crippen molar-refractivity contribution < 1.29 is 0 Å². The molecular formula is C16H20Cl2N2S. The van der Waals surface area contributed by atoms with Gasteiger partial charge in [0.1, 0.15) is 0 Å². The molecule has 2 rings (SSSR count). The van der Waals surface area contributed by atoms with Crippen molar-refractivity contribution in [2.75, 3.05) is 11.9 Å². The van der Waals surface area contributed by atoms with Crippen LogP contribution in [-0.4, -0.2) is 13.1 Å². The normalized spacial score (nSPS) is 11.1. The van der Waals surface area contributed by atoms with E-state index in [9.17, 15) is 0 Å². The van der Waals surface area contributed by atoms with Crippen molar-refractivity contribution in [1.82, 2.24) is 5.32 Å². The predicted molar refractivity (Wildman–Crippen MR) is 94.9 cm³/mol. The van der Waals surface area contributed by atoms with E-state index < -0.39 is 0 Å². The summed E-state index contributed by atoms with van der Waals surface area (Å²) in [5.41, 5.74) is 2.29. The van der Waals surface area contributed by atoms with Crippen LogP contribution in [0, 0.1) is 0 Å². The fraction of sp³-hybridized carbons (Fsp3) is 0.375. The van der Waals surface area contributed by atoms with Gasteiger partial charge in [0, 0.05) is 40.8 Å². The molecule has 21 heavy (non-hydrogen) atoms. The van der Waals surface area contributed by atoms with Gasteiger partial charge in [-0.25, -0.2) is 0 Å². The van der Waals surface area contributed by atoms with E-state index in [4.69, 9.17) is 23.2 Å². The maximum absolute atomic E-state index is 6.38. The van der Waals surface area contributed by atoms with Crippen LogP contribution in [0.2, 0.25) is 9.36 Å². The summed E-state index contributed by atoms with van der Waals surface area (Å²) in [5.74, 6) is 0. The summed E-state index contributed by atoms with van der Waals surface area (Å²) in [4.78, 5) is 3.45. The molecule has 0 spiro atoms. The van der Waals surface area contributed by atoms with Crippen molar-refractivity contribution in [2.45, 2.75) is 33.0 Å². The Labute approximate surface area is 140 Å². The molecule has 1 N–H and O–H groups in total. The average Bonchev–Trinajstić information content (AvgIpc) is 2.82. The van der Waals surface area contributed by atoms with Crippen molar-refractivity contribution in [1.29, 1.82) is 0 Å². The van der Waals surface area contributed by atoms with Gasteiger partial charge in [-0.05, 0) is 24.3 Å². The van der Waals surface area contributed by atoms with Crippen LogP contribution in [0.5, 0.6) is 0 Å². The Bertz CT molecular complexity index is 596. The minimum absolute atomic E-state index is 0.426. The van der Waals surface area contributed by atoms with Gasteiger partial charge in [0.25, 0.3) is 0 Å². The molecule has 2 aromatic rings. The molecule has 0 unspecified atom stereocenters. The Hall–Kier alpha value is -0.740. The smallest absolute Gasteiger partial charge is 0.0931 e. The van der Waals surface area contributed by atoms with Gasteiger partial charge in [-0.1, -0.05) is 43.1 Å². The van der Waals surface area contributed by atoms with Crippen LogP contribution >= 0.6 is 34.5 Å². The predicted octanol–water partition coefficient (Wildman–Crippen LogP) is 5.19. The molecule has 0 saturated heterocycles. The molecule has 0 aliphatic rings. The van der Waals surface area contributed by atoms with E-state index in [0.29, 0.717) is 6.04 Å². The summed E-state index contributed by atoms with van der Waals surface area (Å²) in [7, 11) is 2.08. The Morgan fingerprint density at radius 3 is 2.57 bits per heavy atom. The van der Waals surface area contributed by atoms with E-state index in [-0.39, 0.29) is 0 Å². The molecule has 0 atom stereocenters. The summed E-state index contributed by atoms with van der Waals surface area (Å²) >= 11 is 14.0. The summed E-state index contributed by atoms with van der Waals surface area (Å²) in [6.45, 7) is 5.86. The number of halogens is 2. The van der Waals surface area contributed by atoms with Crippen molar-refractivity contribution >= 4 is 40.2 Å². The average molecular weight is 343 g/mol. The molecule has 1 aromatic carbocycles. The summed E-state index contributed by atoms with van der Waals surface area (Å²) in [6, 6.07) is 10.5. The fourth-order valence-electron chi connectivity index (χ4n) is 2.14. The molecule has 1 aromatic heterocycles. The SMILES string of the molecule is CC(C)NCc1c(Cl)cccc1N(C)Cc1ccc(Cl)s1. The van der Waals surface area contributed by atoms with Crippen LogP contribution < -0.4 is 10.2 Å². The van der Waals surface area contributed by atoms with E-state index in [1.165, 1.54) is 4.88 Å². The molecule has 2 nitrogen and oxygen atoms in total. The zero-order valence-electron chi connectivity index (χ0n) is 12.5. The Balaban J connectivity index is 2.19. The van der Waals surface area contributed by atoms with Crippen molar-refractivity contribution in [3.8, 4) is 0 Å². The summed E-state index contributed by atoms with van der Waals surface area (Å²) in [6.07, 6.45) is 0. The quantitative estimate of drug-likeness (QED) is 0.776. The van der Waals surface area contributed by atoms with Crippen molar-refractivity contribution in [3.05, 3.63) is 50.1 Å². The first kappa shape index (κ1) is 16.6. The Morgan fingerprint density at radius 1 is 1.19 bits per heavy atom. The maximum atomic E-state index is 6.38. The van der Waals surface area contributed by atoms with Crippen molar-refractivity contribution in [3.63, 3.8) is 0 Å². The van der Waals surface area contributed by atoms with E-state index in [2.05, 4.69) is 43.2 Å². The molecule has 0 bridgehead atoms. The fourth-order valence-corrected chi connectivity index (χ4v) is 3.52. The number of hydrogen-bond acceptors (Lipinski definition) is 3. The van der Waals surface area contributed by atoms with Gasteiger partial charge >= 0.3 is 0 Å². The third kappa shape index (κ3) is 4.62. The highest BCUT2D eigenvalue weighted by atomic mass is 35.5. The van der Waals surface area contributed by atoms with Crippen LogP contribution in [0.25, 0.3) is 0 Å². The molecule has 114 valence electrons. The van der Waals surface area contributed by atoms with E-state index in [1.54, 1.807) is 11.3 Å². The van der Waals surface area contributed by atoms with Gasteiger partial charge in [0.2, 0.25) is 0 Å². The monoisotopic (exact) mass is 342 g/mol. The molecular weight excluding hydrogens is 323 g/mol. The third-order valence-electron chi connectivity index (χ3n) is 3.21. The summed E-state index contributed by atoms with van der Waals surface area (Å²) < 4.78 is 0.825. The van der Waals surface area contributed by atoms with E-state index in [1.807, 2.05) is 18.2 Å². The molecule has 0 aliphatic heterocycles. The van der Waals surface area contributed by atoms with Gasteiger partial charge in [0.05, 0.1) is 10.9 Å². The molecule has 5 heteroatoms. The van der Waals surface area contributed by atoms with Gasteiger partial charge in [-0.3, -0.25) is 0 Å². The number of nitrogens with zero attached hydrogens (tertiary/aromatic N) is 1. The van der Waals surface area contributed by atoms with Gasteiger partial charge in [-0.15, -0.1) is 11.3 Å². The van der Waals surface area contributed by atoms with E-state index in [0.717, 1.165) is 33.7 Å². The maximum Gasteiger partial charge on any atom is 0.0931 e. The highest BCUT2D eigenvalue weighted by molar-refractivity contribution is 7.16. The Morgan fingerprint density at radius 2 is 1.95 bits per heavy atom. The number of nitrogens with one attached hydrogen (secondary N) is 1. The zero-order valence-corrected chi connectivity index (χ0v) is 14.8. The molecule has 0 aliphatic carbocycles. The molecule has 0 fully saturated rings. The first-order valence-electron chi connectivity index (χ1n) is 6.93. The first-order chi connectivity index (χ1) is 9.97. The lowest BCUT2D eigenvalue weighted by Gasteiger charge is -2.23. The number of thiophene rings is 1. The van der Waals surface area contributed by atoms with Crippen LogP contribution in [0.4, 0.5) is 5.69 Å². The first-order valence-corrected chi connectivity index (χ1v) is 8.50. The summed E-state index contributed by atoms with van der Waals surface area (Å²) in [5, 5.41) is 4.24. The van der Waals surface area contributed by atoms with E-state index >= 15 is 0 Å². The van der Waals surface area contributed by atoms with Gasteiger partial charge in [0.15, 0.2) is 0 Å². The van der Waals surface area contributed by atoms with Crippen LogP contribution in [0.3, 0.4) is 0 Å². The highest BCUT2D eigenvalue weighted by Crippen LogP contribution is 2.29. The lowest BCUT2D eigenvalue weighted by atomic mass is 10.1. The number of hydrogen-bond donors (Lipinski definition) is 1. The molecule has 0 saturated carbocycles. The second kappa shape index (κ2) is 7.50. The van der Waals surface area contributed by atoms with Crippen molar-refractivity contribution in [2.24, 2.45) is 0 Å². The Kier molecular flexibility index (Phi) is 5.94. The number of rotatable bonds is 6. The van der Waals surface area contributed by atoms with Crippen LogP contribution in [0.1, 0.15) is 24.3 Å². The largest absolute Gasteiger partial charge is 0.369 e. The lowest BCUT2D eigenvalue weighted by Crippen LogP contribution is -2.24. The zero-order chi connectivity index (χ0) is 15.4. The third-order valence-corrected chi connectivity index (χ3v) is 4.78. The second-order valence-corrected chi connectivity index (χ2v) is 7.54. The lowest BCUT2D eigenvalue weighted by molar-refractivity contribution is 0.588. The standard InChI is InChI=1S/C16H20Cl2N2S/c1-11(2)19-9-13-14(17)5-4-6-15(13)20(3)10-12-7-8-16(18)21-12/h4-8,11,19H,9-10H2,1-3H3. The topological polar surface area (TPSA) is 15.3 Å². The minimum atomic E-state index is 0.426. The van der Waals surface area contributed by atoms with Gasteiger partial charge in [-0.2, -0.15) is 0 Å². The van der Waals surface area contributed by atoms with Crippen LogP contribution in [-0.2, 0) is 13.1 Å². The molecule has 0 radical (unpaired) electrons. The molecule has 1 heterocycles. The number of benzene rings is 1. The van der Waals surface area contributed by atoms with Crippen LogP contribution in [0.15, 0.2) is 30.3 Å². The highest BCUT2D eigenvalue weighted by Gasteiger charge is 2.12.